The zero-order valence-corrected chi connectivity index (χ0v) is 26.8. The van der Waals surface area contributed by atoms with Gasteiger partial charge in [-0.25, -0.2) is 0 Å². The molecule has 0 radical (unpaired) electrons. The van der Waals surface area contributed by atoms with Crippen molar-refractivity contribution in [1.29, 1.82) is 0 Å². The molecule has 0 fully saturated rings. The maximum absolute atomic E-state index is 9.59. The third-order valence-corrected chi connectivity index (χ3v) is 9.48. The Morgan fingerprint density at radius 1 is 0.327 bits per heavy atom. The lowest BCUT2D eigenvalue weighted by atomic mass is 9.85. The zero-order valence-electron chi connectivity index (χ0n) is 43.8. The number of hydrogen-bond acceptors (Lipinski definition) is 2. The second-order valence-electron chi connectivity index (χ2n) is 12.3. The molecular formula is C50H30O2. The first-order valence-electron chi connectivity index (χ1n) is 24.9. The van der Waals surface area contributed by atoms with Crippen LogP contribution in [0.3, 0.4) is 0 Å². The van der Waals surface area contributed by atoms with E-state index >= 15 is 0 Å². The van der Waals surface area contributed by atoms with Crippen molar-refractivity contribution in [2.45, 2.75) is 0 Å². The monoisotopic (exact) mass is 679 g/mol. The van der Waals surface area contributed by atoms with E-state index in [2.05, 4.69) is 0 Å². The second-order valence-corrected chi connectivity index (χ2v) is 12.3. The average Bonchev–Trinajstić information content (AvgIpc) is 3.92. The van der Waals surface area contributed by atoms with Crippen LogP contribution in [0.5, 0.6) is 0 Å². The van der Waals surface area contributed by atoms with E-state index in [1.54, 1.807) is 24.3 Å². The summed E-state index contributed by atoms with van der Waals surface area (Å²) in [6.45, 7) is 0. The van der Waals surface area contributed by atoms with Gasteiger partial charge in [-0.3, -0.25) is 0 Å². The first kappa shape index (κ1) is 16.9. The van der Waals surface area contributed by atoms with Crippen LogP contribution in [0.4, 0.5) is 0 Å². The lowest BCUT2D eigenvalue weighted by molar-refractivity contribution is 0.663. The molecule has 0 N–H and O–H groups in total. The number of hydrogen-bond donors (Lipinski definition) is 0. The molecule has 0 saturated heterocycles. The summed E-state index contributed by atoms with van der Waals surface area (Å²) in [5, 5.41) is 2.42. The van der Waals surface area contributed by atoms with Crippen molar-refractivity contribution in [2.75, 3.05) is 0 Å². The van der Waals surface area contributed by atoms with Gasteiger partial charge in [0.05, 0.1) is 23.3 Å². The van der Waals surface area contributed by atoms with Crippen molar-refractivity contribution >= 4 is 65.4 Å². The van der Waals surface area contributed by atoms with Crippen molar-refractivity contribution in [3.05, 3.63) is 182 Å². The normalized spacial score (nSPS) is 16.4. The fourth-order valence-corrected chi connectivity index (χ4v) is 7.22. The lowest BCUT2D eigenvalue weighted by Gasteiger charge is -2.18. The van der Waals surface area contributed by atoms with E-state index in [-0.39, 0.29) is 32.7 Å². The molecule has 2 aromatic heterocycles. The quantitative estimate of drug-likeness (QED) is 0.173. The molecule has 11 aromatic rings. The molecule has 0 saturated carbocycles. The van der Waals surface area contributed by atoms with Crippen LogP contribution in [0, 0.1) is 0 Å². The number of benzene rings is 9. The Morgan fingerprint density at radius 2 is 0.846 bits per heavy atom. The Morgan fingerprint density at radius 3 is 1.54 bits per heavy atom. The summed E-state index contributed by atoms with van der Waals surface area (Å²) < 4.78 is 164. The van der Waals surface area contributed by atoms with Crippen LogP contribution in [0.2, 0.25) is 0 Å². The summed E-state index contributed by atoms with van der Waals surface area (Å²) in [6.07, 6.45) is 0. The molecule has 2 nitrogen and oxygen atoms in total. The predicted molar refractivity (Wildman–Crippen MR) is 218 cm³/mol. The van der Waals surface area contributed by atoms with Gasteiger partial charge in [0.25, 0.3) is 0 Å². The summed E-state index contributed by atoms with van der Waals surface area (Å²) in [7, 11) is 0. The molecule has 0 bridgehead atoms. The largest absolute Gasteiger partial charge is 0.456 e. The highest BCUT2D eigenvalue weighted by atomic mass is 16.3. The second kappa shape index (κ2) is 11.3. The average molecular weight is 680 g/mol. The Kier molecular flexibility index (Phi) is 3.67. The van der Waals surface area contributed by atoms with E-state index in [0.29, 0.717) is 16.7 Å². The standard InChI is InChI=1S/C50H30O2/c1-2-11-31(12-3-1)34-13-10-14-36(29-34)48-39-17-6-4-15-37(39)47(38-16-5-7-18-40(38)48)33-23-21-32(22-24-33)35-25-26-42-46(30-35)52-45-28-27-44-49(50(42)45)41-19-8-9-20-43(41)51-44/h1-30H/i1D,2D,3D,4D,5D,6D,7D,10D,11D,12D,13D,14D,15D,16D,17D,18D,29D. The van der Waals surface area contributed by atoms with Crippen molar-refractivity contribution in [3.63, 3.8) is 0 Å². The molecule has 0 unspecified atom stereocenters. The SMILES string of the molecule is [2H]c1c([2H])c([2H])c(-c2c([2H])c([2H])c([2H])c(-c3c4c([2H])c([2H])c([2H])c([2H])c4c(-c4ccc(-c5ccc6c(c5)oc5ccc7oc8ccccc8c7c56)cc4)c4c([2H])c([2H])c([2H])c([2H])c34)c2[2H])c([2H])c1[2H]. The smallest absolute Gasteiger partial charge is 0.136 e. The summed E-state index contributed by atoms with van der Waals surface area (Å²) in [5.74, 6) is 0. The molecule has 0 amide bonds. The van der Waals surface area contributed by atoms with Gasteiger partial charge >= 0.3 is 0 Å². The highest BCUT2D eigenvalue weighted by Gasteiger charge is 2.19. The highest BCUT2D eigenvalue weighted by Crippen LogP contribution is 2.45. The number of fused-ring (bicyclic) bond motifs is 9. The van der Waals surface area contributed by atoms with Crippen LogP contribution >= 0.6 is 0 Å². The van der Waals surface area contributed by atoms with Gasteiger partial charge in [-0.1, -0.05) is 145 Å². The third-order valence-electron chi connectivity index (χ3n) is 9.48. The van der Waals surface area contributed by atoms with Gasteiger partial charge in [0.2, 0.25) is 0 Å². The summed E-state index contributed by atoms with van der Waals surface area (Å²) in [6, 6.07) is 11.1. The molecule has 242 valence electrons. The minimum atomic E-state index is -0.880. The van der Waals surface area contributed by atoms with E-state index < -0.39 is 125 Å². The van der Waals surface area contributed by atoms with E-state index in [4.69, 9.17) is 23.9 Å². The summed E-state index contributed by atoms with van der Waals surface area (Å²) in [5.41, 5.74) is 2.07. The zero-order chi connectivity index (χ0) is 49.0. The number of furan rings is 2. The van der Waals surface area contributed by atoms with Crippen LogP contribution in [-0.4, -0.2) is 0 Å². The van der Waals surface area contributed by atoms with Crippen LogP contribution in [-0.2, 0) is 0 Å². The Hall–Kier alpha value is -6.90. The molecule has 2 heterocycles. The molecule has 0 aliphatic rings. The molecule has 9 aromatic carbocycles. The Bertz CT molecular complexity index is 4050. The highest BCUT2D eigenvalue weighted by molar-refractivity contribution is 6.26. The number of rotatable bonds is 4. The van der Waals surface area contributed by atoms with Gasteiger partial charge in [0, 0.05) is 21.5 Å². The van der Waals surface area contributed by atoms with Gasteiger partial charge in [-0.15, -0.1) is 0 Å². The third kappa shape index (κ3) is 4.38. The molecule has 0 aliphatic carbocycles. The lowest BCUT2D eigenvalue weighted by Crippen LogP contribution is -1.91. The summed E-state index contributed by atoms with van der Waals surface area (Å²) in [4.78, 5) is 0. The number of para-hydroxylation sites is 1. The van der Waals surface area contributed by atoms with E-state index in [9.17, 15) is 8.22 Å². The topological polar surface area (TPSA) is 26.3 Å². The Labute approximate surface area is 323 Å². The Balaban J connectivity index is 1.20. The van der Waals surface area contributed by atoms with Crippen molar-refractivity contribution < 1.29 is 32.1 Å². The van der Waals surface area contributed by atoms with Gasteiger partial charge in [0.1, 0.15) is 22.3 Å². The first-order chi connectivity index (χ1) is 32.8. The fourth-order valence-electron chi connectivity index (χ4n) is 7.22. The van der Waals surface area contributed by atoms with Gasteiger partial charge in [0.15, 0.2) is 0 Å². The van der Waals surface area contributed by atoms with Crippen molar-refractivity contribution in [2.24, 2.45) is 0 Å². The first-order valence-corrected chi connectivity index (χ1v) is 16.4. The molecule has 0 aliphatic heterocycles. The minimum absolute atomic E-state index is 0.0227. The van der Waals surface area contributed by atoms with Crippen molar-refractivity contribution in [3.8, 4) is 44.5 Å². The van der Waals surface area contributed by atoms with Gasteiger partial charge in [-0.05, 0) is 102 Å². The van der Waals surface area contributed by atoms with E-state index in [1.165, 1.54) is 0 Å². The summed E-state index contributed by atoms with van der Waals surface area (Å²) >= 11 is 0. The molecule has 11 rings (SSSR count). The predicted octanol–water partition coefficient (Wildman–Crippen LogP) is 14.5. The minimum Gasteiger partial charge on any atom is -0.456 e. The van der Waals surface area contributed by atoms with Crippen LogP contribution in [0.15, 0.2) is 190 Å². The van der Waals surface area contributed by atoms with Crippen LogP contribution in [0.1, 0.15) is 23.3 Å². The van der Waals surface area contributed by atoms with E-state index in [1.807, 2.05) is 54.6 Å². The molecule has 2 heteroatoms. The van der Waals surface area contributed by atoms with Crippen molar-refractivity contribution in [1.82, 2.24) is 0 Å². The maximum Gasteiger partial charge on any atom is 0.136 e. The molecule has 0 spiro atoms. The van der Waals surface area contributed by atoms with E-state index in [0.717, 1.165) is 38.3 Å². The fraction of sp³-hybridized carbons (Fsp3) is 0. The van der Waals surface area contributed by atoms with Crippen LogP contribution < -0.4 is 0 Å². The van der Waals surface area contributed by atoms with Gasteiger partial charge in [-0.2, -0.15) is 0 Å². The molecule has 52 heavy (non-hydrogen) atoms. The van der Waals surface area contributed by atoms with Crippen LogP contribution in [0.25, 0.3) is 110 Å². The molecule has 0 atom stereocenters. The van der Waals surface area contributed by atoms with Gasteiger partial charge < -0.3 is 8.83 Å². The molecular weight excluding hydrogens is 633 g/mol. The maximum atomic E-state index is 9.59.